The third-order valence-electron chi connectivity index (χ3n) is 2.52. The summed E-state index contributed by atoms with van der Waals surface area (Å²) in [7, 11) is 0. The van der Waals surface area contributed by atoms with Gasteiger partial charge < -0.3 is 10.4 Å². The zero-order valence-electron chi connectivity index (χ0n) is 9.22. The second-order valence-corrected chi connectivity index (χ2v) is 4.06. The van der Waals surface area contributed by atoms with Gasteiger partial charge in [-0.15, -0.1) is 0 Å². The highest BCUT2D eigenvalue weighted by molar-refractivity contribution is 5.94. The highest BCUT2D eigenvalue weighted by Crippen LogP contribution is 2.30. The summed E-state index contributed by atoms with van der Waals surface area (Å²) in [6, 6.07) is 7.11. The monoisotopic (exact) mass is 231 g/mol. The van der Waals surface area contributed by atoms with Gasteiger partial charge in [-0.2, -0.15) is 0 Å². The number of carbonyl (C=O) groups is 2. The molecule has 0 bridgehead atoms. The van der Waals surface area contributed by atoms with Crippen LogP contribution < -0.4 is 5.32 Å². The normalized spacial score (nSPS) is 14.8. The van der Waals surface area contributed by atoms with Crippen molar-refractivity contribution < 1.29 is 14.7 Å². The number of anilines is 1. The molecule has 1 aliphatic rings. The Balaban J connectivity index is 2.05. The van der Waals surface area contributed by atoms with E-state index in [9.17, 15) is 9.59 Å². The topological polar surface area (TPSA) is 66.4 Å². The van der Waals surface area contributed by atoms with Crippen LogP contribution in [-0.2, 0) is 9.59 Å². The van der Waals surface area contributed by atoms with Gasteiger partial charge in [0.1, 0.15) is 0 Å². The Morgan fingerprint density at radius 3 is 2.76 bits per heavy atom. The number of hydrogen-bond acceptors (Lipinski definition) is 2. The fourth-order valence-corrected chi connectivity index (χ4v) is 1.48. The van der Waals surface area contributed by atoms with Crippen LogP contribution >= 0.6 is 0 Å². The molecule has 1 amide bonds. The number of carboxylic acids is 1. The van der Waals surface area contributed by atoms with Crippen molar-refractivity contribution in [2.75, 3.05) is 5.32 Å². The maximum atomic E-state index is 11.5. The van der Waals surface area contributed by atoms with Gasteiger partial charge in [-0.3, -0.25) is 4.79 Å². The summed E-state index contributed by atoms with van der Waals surface area (Å²) in [4.78, 5) is 21.9. The van der Waals surface area contributed by atoms with Gasteiger partial charge in [0.2, 0.25) is 5.91 Å². The lowest BCUT2D eigenvalue weighted by Gasteiger charge is -2.04. The molecule has 0 atom stereocenters. The molecule has 0 aliphatic heterocycles. The highest BCUT2D eigenvalue weighted by Gasteiger charge is 2.29. The smallest absolute Gasteiger partial charge is 0.328 e. The van der Waals surface area contributed by atoms with Crippen molar-refractivity contribution in [3.8, 4) is 0 Å². The SMILES string of the molecule is O=C(O)/C=C/c1cccc(NC(=O)C2CC2)c1. The maximum Gasteiger partial charge on any atom is 0.328 e. The van der Waals surface area contributed by atoms with E-state index in [2.05, 4.69) is 5.32 Å². The van der Waals surface area contributed by atoms with Crippen molar-refractivity contribution in [2.24, 2.45) is 5.92 Å². The Kier molecular flexibility index (Phi) is 3.23. The molecule has 0 heterocycles. The quantitative estimate of drug-likeness (QED) is 0.780. The third kappa shape index (κ3) is 3.45. The van der Waals surface area contributed by atoms with Gasteiger partial charge in [-0.05, 0) is 36.6 Å². The minimum Gasteiger partial charge on any atom is -0.478 e. The summed E-state index contributed by atoms with van der Waals surface area (Å²) in [5, 5.41) is 11.3. The number of aliphatic carboxylic acids is 1. The molecular formula is C13H13NO3. The molecule has 1 fully saturated rings. The molecule has 17 heavy (non-hydrogen) atoms. The van der Waals surface area contributed by atoms with Crippen molar-refractivity contribution in [3.63, 3.8) is 0 Å². The van der Waals surface area contributed by atoms with Crippen LogP contribution in [0.1, 0.15) is 18.4 Å². The van der Waals surface area contributed by atoms with Crippen molar-refractivity contribution >= 4 is 23.6 Å². The Morgan fingerprint density at radius 1 is 1.35 bits per heavy atom. The van der Waals surface area contributed by atoms with E-state index in [-0.39, 0.29) is 11.8 Å². The maximum absolute atomic E-state index is 11.5. The summed E-state index contributed by atoms with van der Waals surface area (Å²) in [5.74, 6) is -0.782. The summed E-state index contributed by atoms with van der Waals surface area (Å²) in [6.45, 7) is 0. The third-order valence-corrected chi connectivity index (χ3v) is 2.52. The van der Waals surface area contributed by atoms with Gasteiger partial charge in [0.05, 0.1) is 0 Å². The van der Waals surface area contributed by atoms with Crippen LogP contribution in [0.15, 0.2) is 30.3 Å². The van der Waals surface area contributed by atoms with Gasteiger partial charge >= 0.3 is 5.97 Å². The summed E-state index contributed by atoms with van der Waals surface area (Å²) in [6.07, 6.45) is 4.49. The lowest BCUT2D eigenvalue weighted by Crippen LogP contribution is -2.13. The molecule has 2 rings (SSSR count). The van der Waals surface area contributed by atoms with E-state index in [1.165, 1.54) is 6.08 Å². The molecule has 4 heteroatoms. The van der Waals surface area contributed by atoms with Crippen molar-refractivity contribution in [3.05, 3.63) is 35.9 Å². The number of carboxylic acid groups (broad SMARTS) is 1. The predicted molar refractivity (Wildman–Crippen MR) is 64.5 cm³/mol. The van der Waals surface area contributed by atoms with E-state index < -0.39 is 5.97 Å². The molecule has 1 saturated carbocycles. The molecule has 1 aliphatic carbocycles. The van der Waals surface area contributed by atoms with Crippen molar-refractivity contribution in [1.82, 2.24) is 0 Å². The minimum atomic E-state index is -0.989. The number of hydrogen-bond donors (Lipinski definition) is 2. The largest absolute Gasteiger partial charge is 0.478 e. The lowest BCUT2D eigenvalue weighted by atomic mass is 10.2. The van der Waals surface area contributed by atoms with Crippen LogP contribution in [0.5, 0.6) is 0 Å². The molecule has 1 aromatic carbocycles. The second kappa shape index (κ2) is 4.82. The number of carbonyl (C=O) groups excluding carboxylic acids is 1. The van der Waals surface area contributed by atoms with E-state index in [0.717, 1.165) is 24.5 Å². The van der Waals surface area contributed by atoms with Crippen LogP contribution in [0.4, 0.5) is 5.69 Å². The van der Waals surface area contributed by atoms with Crippen molar-refractivity contribution in [2.45, 2.75) is 12.8 Å². The fourth-order valence-electron chi connectivity index (χ4n) is 1.48. The highest BCUT2D eigenvalue weighted by atomic mass is 16.4. The van der Waals surface area contributed by atoms with Gasteiger partial charge in [-0.1, -0.05) is 12.1 Å². The second-order valence-electron chi connectivity index (χ2n) is 4.06. The first kappa shape index (κ1) is 11.4. The number of benzene rings is 1. The average Bonchev–Trinajstić information content (AvgIpc) is 3.10. The van der Waals surface area contributed by atoms with Crippen LogP contribution in [0.3, 0.4) is 0 Å². The molecule has 1 aromatic rings. The molecule has 2 N–H and O–H groups in total. The van der Waals surface area contributed by atoms with E-state index in [0.29, 0.717) is 5.69 Å². The first-order valence-corrected chi connectivity index (χ1v) is 5.47. The van der Waals surface area contributed by atoms with Gasteiger partial charge in [0, 0.05) is 17.7 Å². The zero-order chi connectivity index (χ0) is 12.3. The van der Waals surface area contributed by atoms with Crippen LogP contribution in [0, 0.1) is 5.92 Å². The standard InChI is InChI=1S/C13H13NO3/c15-12(16)7-4-9-2-1-3-11(8-9)14-13(17)10-5-6-10/h1-4,7-8,10H,5-6H2,(H,14,17)(H,15,16)/b7-4+. The zero-order valence-corrected chi connectivity index (χ0v) is 9.22. The Bertz CT molecular complexity index is 475. The molecule has 0 radical (unpaired) electrons. The minimum absolute atomic E-state index is 0.0457. The first-order chi connectivity index (χ1) is 8.15. The number of amides is 1. The van der Waals surface area contributed by atoms with E-state index >= 15 is 0 Å². The van der Waals surface area contributed by atoms with Gasteiger partial charge in [0.15, 0.2) is 0 Å². The summed E-state index contributed by atoms with van der Waals surface area (Å²) < 4.78 is 0. The van der Waals surface area contributed by atoms with Gasteiger partial charge in [-0.25, -0.2) is 4.79 Å². The Labute approximate surface area is 99.0 Å². The van der Waals surface area contributed by atoms with E-state index in [1.807, 2.05) is 0 Å². The van der Waals surface area contributed by atoms with Gasteiger partial charge in [0.25, 0.3) is 0 Å². The van der Waals surface area contributed by atoms with Crippen LogP contribution in [0.2, 0.25) is 0 Å². The summed E-state index contributed by atoms with van der Waals surface area (Å²) in [5.41, 5.74) is 1.45. The van der Waals surface area contributed by atoms with Crippen molar-refractivity contribution in [1.29, 1.82) is 0 Å². The number of rotatable bonds is 4. The fraction of sp³-hybridized carbons (Fsp3) is 0.231. The molecule has 0 spiro atoms. The molecule has 0 aromatic heterocycles. The molecule has 0 saturated heterocycles. The van der Waals surface area contributed by atoms with E-state index in [4.69, 9.17) is 5.11 Å². The molecule has 4 nitrogen and oxygen atoms in total. The average molecular weight is 231 g/mol. The van der Waals surface area contributed by atoms with E-state index in [1.54, 1.807) is 24.3 Å². The Morgan fingerprint density at radius 2 is 2.12 bits per heavy atom. The van der Waals surface area contributed by atoms with Crippen LogP contribution in [0.25, 0.3) is 6.08 Å². The predicted octanol–water partition coefficient (Wildman–Crippen LogP) is 2.13. The number of nitrogens with one attached hydrogen (secondary N) is 1. The lowest BCUT2D eigenvalue weighted by molar-refractivity contribution is -0.131. The molecule has 88 valence electrons. The molecule has 0 unspecified atom stereocenters. The first-order valence-electron chi connectivity index (χ1n) is 5.47. The molecular weight excluding hydrogens is 218 g/mol. The summed E-state index contributed by atoms with van der Waals surface area (Å²) >= 11 is 0. The Hall–Kier alpha value is -2.10. The van der Waals surface area contributed by atoms with Crippen LogP contribution in [-0.4, -0.2) is 17.0 Å².